The first-order chi connectivity index (χ1) is 9.11. The number of aliphatic hydroxyl groups excluding tert-OH is 1. The number of hydrogen-bond acceptors (Lipinski definition) is 5. The van der Waals surface area contributed by atoms with E-state index in [0.29, 0.717) is 12.8 Å². The fraction of sp³-hybridized carbons (Fsp3) is 0.929. The van der Waals surface area contributed by atoms with Gasteiger partial charge >= 0.3 is 5.97 Å². The van der Waals surface area contributed by atoms with Crippen molar-refractivity contribution in [2.75, 3.05) is 5.75 Å². The molecule has 0 spiro atoms. The molecule has 0 saturated carbocycles. The van der Waals surface area contributed by atoms with E-state index in [1.165, 1.54) is 18.6 Å². The summed E-state index contributed by atoms with van der Waals surface area (Å²) >= 11 is 0. The Hall–Kier alpha value is 0.130. The summed E-state index contributed by atoms with van der Waals surface area (Å²) in [5.74, 6) is 1.16. The lowest BCUT2D eigenvalue weighted by atomic mass is 10.1. The molecule has 0 aromatic carbocycles. The van der Waals surface area contributed by atoms with Crippen molar-refractivity contribution in [3.8, 4) is 0 Å². The minimum absolute atomic E-state index is 0.110. The van der Waals surface area contributed by atoms with Crippen LogP contribution in [0.1, 0.15) is 58.8 Å². The molecule has 19 heavy (non-hydrogen) atoms. The van der Waals surface area contributed by atoms with Gasteiger partial charge in [0.2, 0.25) is 0 Å². The monoisotopic (exact) mass is 306 g/mol. The van der Waals surface area contributed by atoms with Crippen molar-refractivity contribution < 1.29 is 14.6 Å². The number of carbonyl (C=O) groups is 1. The summed E-state index contributed by atoms with van der Waals surface area (Å²) in [6, 6.07) is 0. The van der Waals surface area contributed by atoms with Crippen LogP contribution in [0.15, 0.2) is 0 Å². The number of hydrogen-bond donors (Lipinski definition) is 1. The quantitative estimate of drug-likeness (QED) is 0.399. The summed E-state index contributed by atoms with van der Waals surface area (Å²) in [6.45, 7) is 3.71. The van der Waals surface area contributed by atoms with Gasteiger partial charge in [0.15, 0.2) is 0 Å². The highest BCUT2D eigenvalue weighted by molar-refractivity contribution is 8.77. The molecule has 3 unspecified atom stereocenters. The molecule has 0 aromatic rings. The average Bonchev–Trinajstić information content (AvgIpc) is 2.86. The summed E-state index contributed by atoms with van der Waals surface area (Å²) in [5, 5.41) is 10.1. The lowest BCUT2D eigenvalue weighted by molar-refractivity contribution is -0.150. The second-order valence-corrected chi connectivity index (χ2v) is 7.97. The summed E-state index contributed by atoms with van der Waals surface area (Å²) < 4.78 is 5.37. The third kappa shape index (κ3) is 8.10. The minimum atomic E-state index is -0.408. The Balaban J connectivity index is 2.05. The van der Waals surface area contributed by atoms with Crippen LogP contribution >= 0.6 is 21.6 Å². The van der Waals surface area contributed by atoms with Gasteiger partial charge in [0.1, 0.15) is 6.10 Å². The highest BCUT2D eigenvalue weighted by atomic mass is 33.1. The third-order valence-electron chi connectivity index (χ3n) is 3.24. The van der Waals surface area contributed by atoms with Crippen molar-refractivity contribution in [3.63, 3.8) is 0 Å². The van der Waals surface area contributed by atoms with Gasteiger partial charge in [-0.3, -0.25) is 4.79 Å². The number of rotatable bonds is 9. The Morgan fingerprint density at radius 1 is 1.47 bits per heavy atom. The molecule has 0 radical (unpaired) electrons. The van der Waals surface area contributed by atoms with Crippen LogP contribution in [0.2, 0.25) is 0 Å². The molecule has 1 rings (SSSR count). The molecule has 0 amide bonds. The Kier molecular flexibility index (Phi) is 8.99. The maximum atomic E-state index is 11.7. The van der Waals surface area contributed by atoms with Gasteiger partial charge < -0.3 is 9.84 Å². The molecule has 3 atom stereocenters. The van der Waals surface area contributed by atoms with Crippen LogP contribution in [-0.4, -0.2) is 34.3 Å². The number of ether oxygens (including phenoxy) is 1. The second-order valence-electron chi connectivity index (χ2n) is 5.18. The van der Waals surface area contributed by atoms with Crippen LogP contribution in [-0.2, 0) is 9.53 Å². The van der Waals surface area contributed by atoms with Gasteiger partial charge in [0.25, 0.3) is 0 Å². The van der Waals surface area contributed by atoms with Crippen LogP contribution in [0.5, 0.6) is 0 Å². The van der Waals surface area contributed by atoms with Gasteiger partial charge in [-0.2, -0.15) is 0 Å². The first-order valence-electron chi connectivity index (χ1n) is 7.27. The standard InChI is InChI=1S/C14H26O3S2/c1-3-12(10-11(2)15)17-14(16)7-5-4-6-13-8-9-18-19-13/h11-13,15H,3-10H2,1-2H3. The number of carbonyl (C=O) groups excluding carboxylic acids is 1. The Bertz CT molecular complexity index is 253. The first kappa shape index (κ1) is 17.2. The molecule has 1 aliphatic rings. The smallest absolute Gasteiger partial charge is 0.306 e. The lowest BCUT2D eigenvalue weighted by Crippen LogP contribution is -2.21. The van der Waals surface area contributed by atoms with Crippen LogP contribution in [0.25, 0.3) is 0 Å². The van der Waals surface area contributed by atoms with Crippen molar-refractivity contribution in [1.82, 2.24) is 0 Å². The summed E-state index contributed by atoms with van der Waals surface area (Å²) in [4.78, 5) is 11.7. The van der Waals surface area contributed by atoms with Crippen molar-refractivity contribution >= 4 is 27.6 Å². The maximum Gasteiger partial charge on any atom is 0.306 e. The third-order valence-corrected chi connectivity index (χ3v) is 6.25. The van der Waals surface area contributed by atoms with Gasteiger partial charge in [0.05, 0.1) is 6.10 Å². The van der Waals surface area contributed by atoms with E-state index in [1.54, 1.807) is 6.92 Å². The first-order valence-corrected chi connectivity index (χ1v) is 9.65. The molecular weight excluding hydrogens is 280 g/mol. The number of aliphatic hydroxyl groups is 1. The molecule has 1 fully saturated rings. The van der Waals surface area contributed by atoms with E-state index in [4.69, 9.17) is 4.74 Å². The van der Waals surface area contributed by atoms with E-state index >= 15 is 0 Å². The molecule has 0 aliphatic carbocycles. The van der Waals surface area contributed by atoms with Crippen LogP contribution < -0.4 is 0 Å². The molecule has 1 N–H and O–H groups in total. The average molecular weight is 306 g/mol. The zero-order valence-electron chi connectivity index (χ0n) is 12.0. The predicted molar refractivity (Wildman–Crippen MR) is 83.4 cm³/mol. The number of esters is 1. The highest BCUT2D eigenvalue weighted by Gasteiger charge is 2.17. The van der Waals surface area contributed by atoms with Crippen molar-refractivity contribution in [1.29, 1.82) is 0 Å². The van der Waals surface area contributed by atoms with Crippen LogP contribution in [0, 0.1) is 0 Å². The minimum Gasteiger partial charge on any atom is -0.462 e. The van der Waals surface area contributed by atoms with E-state index in [2.05, 4.69) is 0 Å². The SMILES string of the molecule is CCC(CC(C)O)OC(=O)CCCCC1CCSS1. The van der Waals surface area contributed by atoms with Gasteiger partial charge in [-0.1, -0.05) is 34.9 Å². The zero-order valence-corrected chi connectivity index (χ0v) is 13.6. The second kappa shape index (κ2) is 9.94. The Morgan fingerprint density at radius 3 is 2.84 bits per heavy atom. The molecular formula is C14H26O3S2. The fourth-order valence-corrected chi connectivity index (χ4v) is 5.16. The topological polar surface area (TPSA) is 46.5 Å². The molecule has 0 bridgehead atoms. The number of unbranched alkanes of at least 4 members (excludes halogenated alkanes) is 1. The Morgan fingerprint density at radius 2 is 2.26 bits per heavy atom. The van der Waals surface area contributed by atoms with E-state index in [0.717, 1.165) is 24.5 Å². The molecule has 1 heterocycles. The van der Waals surface area contributed by atoms with Crippen LogP contribution in [0.3, 0.4) is 0 Å². The Labute approximate surface area is 124 Å². The maximum absolute atomic E-state index is 11.7. The normalized spacial score (nSPS) is 22.2. The molecule has 112 valence electrons. The van der Waals surface area contributed by atoms with Crippen molar-refractivity contribution in [3.05, 3.63) is 0 Å². The van der Waals surface area contributed by atoms with E-state index < -0.39 is 6.10 Å². The van der Waals surface area contributed by atoms with Gasteiger partial charge in [-0.15, -0.1) is 0 Å². The van der Waals surface area contributed by atoms with Crippen LogP contribution in [0.4, 0.5) is 0 Å². The van der Waals surface area contributed by atoms with E-state index in [-0.39, 0.29) is 12.1 Å². The fourth-order valence-electron chi connectivity index (χ4n) is 2.13. The van der Waals surface area contributed by atoms with E-state index in [9.17, 15) is 9.90 Å². The summed E-state index contributed by atoms with van der Waals surface area (Å²) in [7, 11) is 3.96. The zero-order chi connectivity index (χ0) is 14.1. The lowest BCUT2D eigenvalue weighted by Gasteiger charge is -2.17. The summed E-state index contributed by atoms with van der Waals surface area (Å²) in [5.41, 5.74) is 0. The van der Waals surface area contributed by atoms with Gasteiger partial charge in [0, 0.05) is 23.8 Å². The molecule has 0 aromatic heterocycles. The van der Waals surface area contributed by atoms with Gasteiger partial charge in [-0.25, -0.2) is 0 Å². The molecule has 1 aliphatic heterocycles. The van der Waals surface area contributed by atoms with Gasteiger partial charge in [-0.05, 0) is 32.6 Å². The predicted octanol–water partition coefficient (Wildman–Crippen LogP) is 3.79. The van der Waals surface area contributed by atoms with Crippen molar-refractivity contribution in [2.45, 2.75) is 76.3 Å². The molecule has 5 heteroatoms. The highest BCUT2D eigenvalue weighted by Crippen LogP contribution is 2.39. The molecule has 3 nitrogen and oxygen atoms in total. The molecule has 1 saturated heterocycles. The van der Waals surface area contributed by atoms with E-state index in [1.807, 2.05) is 28.5 Å². The largest absolute Gasteiger partial charge is 0.462 e. The summed E-state index contributed by atoms with van der Waals surface area (Å²) in [6.07, 6.45) is 5.85. The van der Waals surface area contributed by atoms with Crippen molar-refractivity contribution in [2.24, 2.45) is 0 Å².